The predicted octanol–water partition coefficient (Wildman–Crippen LogP) is 6.72. The first kappa shape index (κ1) is 26.3. The zero-order valence-electron chi connectivity index (χ0n) is 22.3. The molecule has 4 aromatic carbocycles. The zero-order valence-corrected chi connectivity index (χ0v) is 22.3. The molecule has 0 bridgehead atoms. The van der Waals surface area contributed by atoms with Crippen LogP contribution < -0.4 is 19.9 Å². The fraction of sp³-hybridized carbons (Fsp3) is 0.118. The van der Waals surface area contributed by atoms with Crippen LogP contribution in [0.1, 0.15) is 39.3 Å². The van der Waals surface area contributed by atoms with Gasteiger partial charge in [0.05, 0.1) is 5.92 Å². The number of esters is 1. The van der Waals surface area contributed by atoms with Crippen LogP contribution in [0.25, 0.3) is 6.08 Å². The molecule has 4 aromatic rings. The second kappa shape index (κ2) is 11.6. The van der Waals surface area contributed by atoms with Gasteiger partial charge in [0.25, 0.3) is 0 Å². The number of nitrogens with two attached hydrogens (primary N) is 1. The Morgan fingerprint density at radius 3 is 2.40 bits per heavy atom. The number of carbonyl (C=O) groups is 1. The molecule has 1 aliphatic rings. The van der Waals surface area contributed by atoms with Crippen molar-refractivity contribution in [3.05, 3.63) is 142 Å². The second-order valence-corrected chi connectivity index (χ2v) is 9.64. The van der Waals surface area contributed by atoms with E-state index >= 15 is 0 Å². The minimum atomic E-state index is -0.521. The van der Waals surface area contributed by atoms with Crippen LogP contribution in [0, 0.1) is 25.2 Å². The standard InChI is InChI=1S/C34H28N2O4/c1-22-6-10-24(11-7-22)14-17-32(37)39-28-15-16-29-31(19-28)40-34(36)30(20-35)33(29)26-4-3-5-27(18-26)38-21-25-12-8-23(2)9-13-25/h3-19,33H,21,36H2,1-2H3/b17-14+. The summed E-state index contributed by atoms with van der Waals surface area (Å²) < 4.78 is 17.3. The Labute approximate surface area is 233 Å². The van der Waals surface area contributed by atoms with Crippen molar-refractivity contribution in [1.82, 2.24) is 0 Å². The third-order valence-electron chi connectivity index (χ3n) is 6.62. The van der Waals surface area contributed by atoms with Gasteiger partial charge >= 0.3 is 5.97 Å². The van der Waals surface area contributed by atoms with Gasteiger partial charge in [0.1, 0.15) is 35.5 Å². The van der Waals surface area contributed by atoms with Crippen LogP contribution in [0.2, 0.25) is 0 Å². The first-order chi connectivity index (χ1) is 19.4. The van der Waals surface area contributed by atoms with Crippen molar-refractivity contribution in [3.63, 3.8) is 0 Å². The van der Waals surface area contributed by atoms with Gasteiger partial charge in [-0.3, -0.25) is 0 Å². The molecule has 1 atom stereocenters. The molecule has 0 saturated carbocycles. The number of nitriles is 1. The maximum Gasteiger partial charge on any atom is 0.336 e. The van der Waals surface area contributed by atoms with Crippen LogP contribution >= 0.6 is 0 Å². The summed E-state index contributed by atoms with van der Waals surface area (Å²) in [5.74, 6) is 0.414. The average molecular weight is 529 g/mol. The van der Waals surface area contributed by atoms with E-state index in [0.717, 1.165) is 27.8 Å². The number of hydrogen-bond acceptors (Lipinski definition) is 6. The summed E-state index contributed by atoms with van der Waals surface area (Å²) >= 11 is 0. The highest BCUT2D eigenvalue weighted by molar-refractivity contribution is 5.88. The molecular formula is C34H28N2O4. The summed E-state index contributed by atoms with van der Waals surface area (Å²) in [6.07, 6.45) is 3.07. The van der Waals surface area contributed by atoms with E-state index in [-0.39, 0.29) is 5.88 Å². The molecule has 0 aromatic heterocycles. The lowest BCUT2D eigenvalue weighted by Gasteiger charge is -2.27. The number of hydrogen-bond donors (Lipinski definition) is 1. The van der Waals surface area contributed by atoms with E-state index in [4.69, 9.17) is 19.9 Å². The van der Waals surface area contributed by atoms with Crippen LogP contribution in [0.15, 0.2) is 109 Å². The zero-order chi connectivity index (χ0) is 28.1. The Bertz CT molecular complexity index is 1650. The maximum absolute atomic E-state index is 12.4. The van der Waals surface area contributed by atoms with E-state index in [1.165, 1.54) is 11.6 Å². The number of aryl methyl sites for hydroxylation is 2. The van der Waals surface area contributed by atoms with Gasteiger partial charge in [-0.1, -0.05) is 77.9 Å². The van der Waals surface area contributed by atoms with Crippen molar-refractivity contribution in [2.75, 3.05) is 0 Å². The third-order valence-corrected chi connectivity index (χ3v) is 6.62. The van der Waals surface area contributed by atoms with Gasteiger partial charge in [0.2, 0.25) is 5.88 Å². The van der Waals surface area contributed by atoms with Gasteiger partial charge in [0.15, 0.2) is 0 Å². The van der Waals surface area contributed by atoms with Gasteiger partial charge in [0, 0.05) is 17.7 Å². The first-order valence-corrected chi connectivity index (χ1v) is 12.9. The number of rotatable bonds is 7. The van der Waals surface area contributed by atoms with Crippen molar-refractivity contribution in [2.24, 2.45) is 5.73 Å². The summed E-state index contributed by atoms with van der Waals surface area (Å²) in [6.45, 7) is 4.47. The molecule has 0 radical (unpaired) electrons. The van der Waals surface area contributed by atoms with Crippen LogP contribution in [0.5, 0.6) is 17.2 Å². The highest BCUT2D eigenvalue weighted by Crippen LogP contribution is 2.44. The number of fused-ring (bicyclic) bond motifs is 1. The van der Waals surface area contributed by atoms with Gasteiger partial charge in [-0.15, -0.1) is 0 Å². The molecule has 1 unspecified atom stereocenters. The lowest BCUT2D eigenvalue weighted by molar-refractivity contribution is -0.128. The van der Waals surface area contributed by atoms with E-state index in [9.17, 15) is 10.1 Å². The van der Waals surface area contributed by atoms with Crippen molar-refractivity contribution in [1.29, 1.82) is 5.26 Å². The number of ether oxygens (including phenoxy) is 3. The molecule has 1 heterocycles. The smallest absolute Gasteiger partial charge is 0.336 e. The second-order valence-electron chi connectivity index (χ2n) is 9.64. The Kier molecular flexibility index (Phi) is 7.65. The van der Waals surface area contributed by atoms with Crippen LogP contribution in [0.4, 0.5) is 0 Å². The number of nitrogens with zero attached hydrogens (tertiary/aromatic N) is 1. The molecule has 0 fully saturated rings. The van der Waals surface area contributed by atoms with Gasteiger partial charge in [-0.05, 0) is 54.8 Å². The quantitative estimate of drug-likeness (QED) is 0.163. The van der Waals surface area contributed by atoms with Gasteiger partial charge in [-0.2, -0.15) is 5.26 Å². The van der Waals surface area contributed by atoms with Gasteiger partial charge in [-0.25, -0.2) is 4.79 Å². The topological polar surface area (TPSA) is 94.6 Å². The van der Waals surface area contributed by atoms with E-state index in [1.807, 2.05) is 86.6 Å². The van der Waals surface area contributed by atoms with Crippen LogP contribution in [-0.2, 0) is 11.4 Å². The lowest BCUT2D eigenvalue weighted by Crippen LogP contribution is -2.21. The molecule has 0 saturated heterocycles. The highest BCUT2D eigenvalue weighted by Gasteiger charge is 2.31. The number of carbonyl (C=O) groups excluding carboxylic acids is 1. The molecule has 40 heavy (non-hydrogen) atoms. The normalized spacial score (nSPS) is 14.3. The first-order valence-electron chi connectivity index (χ1n) is 12.9. The fourth-order valence-corrected chi connectivity index (χ4v) is 4.47. The Hall–Kier alpha value is -5.28. The summed E-state index contributed by atoms with van der Waals surface area (Å²) in [7, 11) is 0. The average Bonchev–Trinajstić information content (AvgIpc) is 2.96. The summed E-state index contributed by atoms with van der Waals surface area (Å²) in [5, 5.41) is 9.93. The third kappa shape index (κ3) is 6.06. The van der Waals surface area contributed by atoms with Crippen molar-refractivity contribution >= 4 is 12.0 Å². The van der Waals surface area contributed by atoms with Crippen LogP contribution in [0.3, 0.4) is 0 Å². The van der Waals surface area contributed by atoms with Gasteiger partial charge < -0.3 is 19.9 Å². The molecule has 2 N–H and O–H groups in total. The van der Waals surface area contributed by atoms with Crippen molar-refractivity contribution in [3.8, 4) is 23.3 Å². The molecule has 5 rings (SSSR count). The Morgan fingerprint density at radius 1 is 0.950 bits per heavy atom. The Balaban J connectivity index is 1.36. The monoisotopic (exact) mass is 528 g/mol. The summed E-state index contributed by atoms with van der Waals surface area (Å²) in [4.78, 5) is 12.4. The van der Waals surface area contributed by atoms with E-state index < -0.39 is 11.9 Å². The molecule has 1 aliphatic heterocycles. The summed E-state index contributed by atoms with van der Waals surface area (Å²) in [5.41, 5.74) is 12.3. The molecule has 198 valence electrons. The highest BCUT2D eigenvalue weighted by atomic mass is 16.5. The Morgan fingerprint density at radius 2 is 1.68 bits per heavy atom. The molecular weight excluding hydrogens is 500 g/mol. The number of allylic oxidation sites excluding steroid dienone is 1. The van der Waals surface area contributed by atoms with E-state index in [2.05, 4.69) is 6.07 Å². The molecule has 6 heteroatoms. The molecule has 0 aliphatic carbocycles. The molecule has 0 spiro atoms. The van der Waals surface area contributed by atoms with Crippen LogP contribution in [-0.4, -0.2) is 5.97 Å². The molecule has 6 nitrogen and oxygen atoms in total. The SMILES string of the molecule is Cc1ccc(/C=C/C(=O)Oc2ccc3c(c2)OC(N)=C(C#N)C3c2cccc(OCc3ccc(C)cc3)c2)cc1. The lowest BCUT2D eigenvalue weighted by atomic mass is 9.83. The maximum atomic E-state index is 12.4. The van der Waals surface area contributed by atoms with Crippen molar-refractivity contribution < 1.29 is 19.0 Å². The summed E-state index contributed by atoms with van der Waals surface area (Å²) in [6, 6.07) is 30.8. The largest absolute Gasteiger partial charge is 0.489 e. The van der Waals surface area contributed by atoms with Crippen molar-refractivity contribution in [2.45, 2.75) is 26.4 Å². The number of benzene rings is 4. The predicted molar refractivity (Wildman–Crippen MR) is 154 cm³/mol. The minimum absolute atomic E-state index is 0.00807. The van der Waals surface area contributed by atoms with E-state index in [0.29, 0.717) is 29.4 Å². The fourth-order valence-electron chi connectivity index (χ4n) is 4.47. The van der Waals surface area contributed by atoms with E-state index in [1.54, 1.807) is 24.3 Å². The minimum Gasteiger partial charge on any atom is -0.489 e. The molecule has 0 amide bonds.